The van der Waals surface area contributed by atoms with Gasteiger partial charge in [-0.1, -0.05) is 34.6 Å². The largest absolute Gasteiger partial charge is 0.494 e. The molecule has 0 bridgehead atoms. The van der Waals surface area contributed by atoms with Gasteiger partial charge >= 0.3 is 0 Å². The quantitative estimate of drug-likeness (QED) is 0.279. The van der Waals surface area contributed by atoms with E-state index in [1.165, 1.54) is 0 Å². The molecular formula is C27H45N3O6. The number of carbonyl (C=O) groups is 3. The average Bonchev–Trinajstić information content (AvgIpc) is 2.82. The highest BCUT2D eigenvalue weighted by molar-refractivity contribution is 6.00. The van der Waals surface area contributed by atoms with Gasteiger partial charge in [0.05, 0.1) is 19.8 Å². The van der Waals surface area contributed by atoms with Crippen molar-refractivity contribution in [3.63, 3.8) is 0 Å². The van der Waals surface area contributed by atoms with E-state index in [1.807, 2.05) is 34.6 Å². The van der Waals surface area contributed by atoms with Crippen LogP contribution >= 0.6 is 0 Å². The molecule has 0 aromatic heterocycles. The Morgan fingerprint density at radius 3 is 1.75 bits per heavy atom. The second-order valence-corrected chi connectivity index (χ2v) is 10.6. The van der Waals surface area contributed by atoms with E-state index < -0.39 is 0 Å². The van der Waals surface area contributed by atoms with Crippen LogP contribution in [0.4, 0.5) is 0 Å². The molecule has 0 radical (unpaired) electrons. The number of methoxy groups -OCH3 is 2. The number of nitrogens with one attached hydrogen (secondary N) is 3. The van der Waals surface area contributed by atoms with Gasteiger partial charge in [-0.05, 0) is 31.0 Å². The molecule has 9 nitrogen and oxygen atoms in total. The van der Waals surface area contributed by atoms with Crippen molar-refractivity contribution in [2.24, 2.45) is 10.8 Å². The predicted octanol–water partition coefficient (Wildman–Crippen LogP) is 3.18. The normalized spacial score (nSPS) is 11.6. The van der Waals surface area contributed by atoms with E-state index in [2.05, 4.69) is 16.0 Å². The van der Waals surface area contributed by atoms with Crippen molar-refractivity contribution in [2.75, 3.05) is 53.7 Å². The van der Waals surface area contributed by atoms with Crippen molar-refractivity contribution in [1.29, 1.82) is 0 Å². The van der Waals surface area contributed by atoms with Crippen LogP contribution in [0, 0.1) is 10.8 Å². The third-order valence-electron chi connectivity index (χ3n) is 5.35. The Morgan fingerprint density at radius 2 is 1.31 bits per heavy atom. The number of ether oxygens (including phenoxy) is 3. The molecule has 3 N–H and O–H groups in total. The number of rotatable bonds is 17. The molecule has 0 heterocycles. The van der Waals surface area contributed by atoms with Gasteiger partial charge in [0.15, 0.2) is 0 Å². The van der Waals surface area contributed by atoms with Gasteiger partial charge in [-0.2, -0.15) is 0 Å². The Hall–Kier alpha value is -2.65. The third-order valence-corrected chi connectivity index (χ3v) is 5.35. The monoisotopic (exact) mass is 507 g/mol. The molecule has 0 fully saturated rings. The Kier molecular flexibility index (Phi) is 13.5. The molecule has 0 atom stereocenters. The van der Waals surface area contributed by atoms with Crippen LogP contribution in [0.2, 0.25) is 0 Å². The number of hydrogen-bond acceptors (Lipinski definition) is 6. The fourth-order valence-corrected chi connectivity index (χ4v) is 3.45. The fourth-order valence-electron chi connectivity index (χ4n) is 3.45. The molecule has 204 valence electrons. The van der Waals surface area contributed by atoms with Gasteiger partial charge < -0.3 is 30.2 Å². The van der Waals surface area contributed by atoms with Gasteiger partial charge in [-0.25, -0.2) is 0 Å². The first-order valence-corrected chi connectivity index (χ1v) is 12.5. The molecule has 36 heavy (non-hydrogen) atoms. The highest BCUT2D eigenvalue weighted by Crippen LogP contribution is 2.20. The summed E-state index contributed by atoms with van der Waals surface area (Å²) in [5.74, 6) is -0.241. The van der Waals surface area contributed by atoms with Gasteiger partial charge in [0, 0.05) is 62.2 Å². The van der Waals surface area contributed by atoms with Crippen LogP contribution in [-0.2, 0) is 14.3 Å². The highest BCUT2D eigenvalue weighted by Gasteiger charge is 2.22. The van der Waals surface area contributed by atoms with Gasteiger partial charge in [0.25, 0.3) is 11.8 Å². The number of carbonyl (C=O) groups excluding carboxylic acids is 3. The van der Waals surface area contributed by atoms with E-state index in [0.717, 1.165) is 6.42 Å². The lowest BCUT2D eigenvalue weighted by Crippen LogP contribution is -2.37. The predicted molar refractivity (Wildman–Crippen MR) is 140 cm³/mol. The maximum Gasteiger partial charge on any atom is 0.251 e. The average molecular weight is 508 g/mol. The molecule has 0 aliphatic carbocycles. The second-order valence-electron chi connectivity index (χ2n) is 10.6. The van der Waals surface area contributed by atoms with Crippen molar-refractivity contribution in [1.82, 2.24) is 16.0 Å². The first-order valence-electron chi connectivity index (χ1n) is 12.5. The van der Waals surface area contributed by atoms with Crippen LogP contribution in [-0.4, -0.2) is 71.4 Å². The Labute approximate surface area is 216 Å². The smallest absolute Gasteiger partial charge is 0.251 e. The maximum absolute atomic E-state index is 12.9. The van der Waals surface area contributed by atoms with E-state index in [1.54, 1.807) is 32.4 Å². The summed E-state index contributed by atoms with van der Waals surface area (Å²) in [4.78, 5) is 37.7. The van der Waals surface area contributed by atoms with Crippen LogP contribution in [0.15, 0.2) is 18.2 Å². The summed E-state index contributed by atoms with van der Waals surface area (Å²) >= 11 is 0. The van der Waals surface area contributed by atoms with E-state index >= 15 is 0 Å². The fraction of sp³-hybridized carbons (Fsp3) is 0.667. The molecule has 1 aromatic carbocycles. The van der Waals surface area contributed by atoms with Gasteiger partial charge in [-0.3, -0.25) is 14.4 Å². The third kappa shape index (κ3) is 12.4. The van der Waals surface area contributed by atoms with Crippen molar-refractivity contribution < 1.29 is 28.6 Å². The lowest BCUT2D eigenvalue weighted by Gasteiger charge is -2.24. The summed E-state index contributed by atoms with van der Waals surface area (Å²) < 4.78 is 16.3. The van der Waals surface area contributed by atoms with Crippen molar-refractivity contribution in [3.8, 4) is 5.75 Å². The summed E-state index contributed by atoms with van der Waals surface area (Å²) in [6.07, 6.45) is 1.74. The van der Waals surface area contributed by atoms with Crippen molar-refractivity contribution >= 4 is 17.7 Å². The second kappa shape index (κ2) is 15.5. The summed E-state index contributed by atoms with van der Waals surface area (Å²) in [6.45, 7) is 12.7. The first kappa shape index (κ1) is 31.4. The van der Waals surface area contributed by atoms with Crippen LogP contribution in [0.3, 0.4) is 0 Å². The van der Waals surface area contributed by atoms with Crippen LogP contribution in [0.25, 0.3) is 0 Å². The molecule has 0 aliphatic rings. The van der Waals surface area contributed by atoms with Crippen molar-refractivity contribution in [2.45, 2.75) is 53.9 Å². The zero-order valence-electron chi connectivity index (χ0n) is 23.0. The minimum Gasteiger partial charge on any atom is -0.494 e. The van der Waals surface area contributed by atoms with E-state index in [9.17, 15) is 14.4 Å². The lowest BCUT2D eigenvalue weighted by molar-refractivity contribution is -0.121. The Bertz CT molecular complexity index is 802. The van der Waals surface area contributed by atoms with Gasteiger partial charge in [0.1, 0.15) is 5.75 Å². The first-order chi connectivity index (χ1) is 16.9. The summed E-state index contributed by atoms with van der Waals surface area (Å²) in [5, 5.41) is 8.66. The van der Waals surface area contributed by atoms with Gasteiger partial charge in [-0.15, -0.1) is 0 Å². The molecule has 0 saturated carbocycles. The summed E-state index contributed by atoms with van der Waals surface area (Å²) in [7, 11) is 3.24. The van der Waals surface area contributed by atoms with E-state index in [-0.39, 0.29) is 35.2 Å². The minimum atomic E-state index is -0.308. The highest BCUT2D eigenvalue weighted by atomic mass is 16.5. The summed E-state index contributed by atoms with van der Waals surface area (Å²) in [5.41, 5.74) is 0.152. The minimum absolute atomic E-state index is 0.0222. The number of hydrogen-bond donors (Lipinski definition) is 3. The molecule has 1 aromatic rings. The number of benzene rings is 1. The Balaban J connectivity index is 2.96. The van der Waals surface area contributed by atoms with Crippen LogP contribution in [0.5, 0.6) is 5.75 Å². The standard InChI is InChI=1S/C27H45N3O6/c1-8-11-28-23(31)10-9-12-36-22-14-20(24(32)29-16-26(2,3)18-34-6)13-21(15-22)25(33)30-17-27(4,5)19-35-7/h13-15H,8-12,16-19H2,1-7H3,(H,28,31)(H,29,32)(H,30,33). The molecule has 0 spiro atoms. The van der Waals surface area contributed by atoms with Gasteiger partial charge in [0.2, 0.25) is 5.91 Å². The van der Waals surface area contributed by atoms with Crippen LogP contribution in [0.1, 0.15) is 74.6 Å². The molecule has 0 saturated heterocycles. The maximum atomic E-state index is 12.9. The molecule has 1 rings (SSSR count). The Morgan fingerprint density at radius 1 is 0.806 bits per heavy atom. The molecular weight excluding hydrogens is 462 g/mol. The zero-order chi connectivity index (χ0) is 27.2. The topological polar surface area (TPSA) is 115 Å². The SMILES string of the molecule is CCCNC(=O)CCCOc1cc(C(=O)NCC(C)(C)COC)cc(C(=O)NCC(C)(C)COC)c1. The summed E-state index contributed by atoms with van der Waals surface area (Å²) in [6, 6.07) is 4.78. The zero-order valence-corrected chi connectivity index (χ0v) is 23.0. The lowest BCUT2D eigenvalue weighted by atomic mass is 9.94. The molecule has 0 unspecified atom stereocenters. The van der Waals surface area contributed by atoms with E-state index in [0.29, 0.717) is 62.6 Å². The molecule has 9 heteroatoms. The van der Waals surface area contributed by atoms with E-state index in [4.69, 9.17) is 14.2 Å². The molecule has 0 aliphatic heterocycles. The van der Waals surface area contributed by atoms with Crippen molar-refractivity contribution in [3.05, 3.63) is 29.3 Å². The molecule has 3 amide bonds. The number of amides is 3. The van der Waals surface area contributed by atoms with Crippen LogP contribution < -0.4 is 20.7 Å².